The van der Waals surface area contributed by atoms with Gasteiger partial charge in [-0.05, 0) is 137 Å². The minimum atomic E-state index is -0.0203. The SMILES string of the molecule is Cc1cc2c3c(c1)N(c1c(C)cc4c(c1C)OCCCO4)c1sc4ccc(C(C)(C)C)cc4c1B3c1c(sc3ccc(C(C)(C)C)cc13)N2c1c(C)cc2c(c1C)OCCCO2. The van der Waals surface area contributed by atoms with Crippen molar-refractivity contribution in [2.45, 2.75) is 99.8 Å². The van der Waals surface area contributed by atoms with Gasteiger partial charge in [0.25, 0.3) is 6.71 Å². The Bertz CT molecular complexity index is 2840. The molecule has 11 rings (SSSR count). The van der Waals surface area contributed by atoms with Crippen LogP contribution in [0.5, 0.6) is 23.0 Å². The first-order valence-corrected chi connectivity index (χ1v) is 23.9. The fourth-order valence-electron chi connectivity index (χ4n) is 10.5. The van der Waals surface area contributed by atoms with Crippen LogP contribution in [-0.4, -0.2) is 33.1 Å². The quantitative estimate of drug-likeness (QED) is 0.161. The highest BCUT2D eigenvalue weighted by molar-refractivity contribution is 7.29. The highest BCUT2D eigenvalue weighted by Gasteiger charge is 2.48. The van der Waals surface area contributed by atoms with Crippen LogP contribution in [-0.2, 0) is 10.8 Å². The summed E-state index contributed by atoms with van der Waals surface area (Å²) in [7, 11) is 0. The van der Waals surface area contributed by atoms with Crippen molar-refractivity contribution in [3.63, 3.8) is 0 Å². The van der Waals surface area contributed by atoms with E-state index in [1.165, 1.54) is 74.6 Å². The molecule has 7 aromatic rings. The summed E-state index contributed by atoms with van der Waals surface area (Å²) >= 11 is 3.84. The first kappa shape index (κ1) is 39.7. The summed E-state index contributed by atoms with van der Waals surface area (Å²) in [5, 5.41) is 5.22. The summed E-state index contributed by atoms with van der Waals surface area (Å²) in [6.45, 7) is 27.7. The fraction of sp³-hybridized carbons (Fsp3) is 0.358. The second-order valence-corrected chi connectivity index (χ2v) is 22.0. The van der Waals surface area contributed by atoms with Gasteiger partial charge in [-0.15, -0.1) is 22.7 Å². The van der Waals surface area contributed by atoms with Gasteiger partial charge in [-0.2, -0.15) is 0 Å². The molecule has 5 aromatic carbocycles. The number of nitrogens with zero attached hydrogens (tertiary/aromatic N) is 2. The number of rotatable bonds is 2. The Morgan fingerprint density at radius 3 is 1.35 bits per heavy atom. The molecule has 6 nitrogen and oxygen atoms in total. The summed E-state index contributed by atoms with van der Waals surface area (Å²) in [4.78, 5) is 5.20. The Labute approximate surface area is 374 Å². The second kappa shape index (κ2) is 13.9. The molecular formula is C53H55BN2O4S2. The van der Waals surface area contributed by atoms with Crippen LogP contribution in [0.3, 0.4) is 0 Å². The van der Waals surface area contributed by atoms with Gasteiger partial charge in [0.05, 0.1) is 47.8 Å². The van der Waals surface area contributed by atoms with Gasteiger partial charge in [-0.25, -0.2) is 0 Å². The van der Waals surface area contributed by atoms with Crippen LogP contribution in [0.4, 0.5) is 32.8 Å². The molecule has 0 saturated heterocycles. The number of thiophene rings is 2. The van der Waals surface area contributed by atoms with E-state index in [2.05, 4.69) is 147 Å². The molecule has 0 spiro atoms. The molecular weight excluding hydrogens is 804 g/mol. The molecule has 0 aliphatic carbocycles. The van der Waals surface area contributed by atoms with Gasteiger partial charge in [0.2, 0.25) is 0 Å². The van der Waals surface area contributed by atoms with Crippen molar-refractivity contribution in [1.82, 2.24) is 0 Å². The van der Waals surface area contributed by atoms with Gasteiger partial charge in [-0.1, -0.05) is 65.8 Å². The molecule has 62 heavy (non-hydrogen) atoms. The van der Waals surface area contributed by atoms with Crippen molar-refractivity contribution >= 4 is 98.7 Å². The Morgan fingerprint density at radius 1 is 0.516 bits per heavy atom. The third kappa shape index (κ3) is 5.86. The van der Waals surface area contributed by atoms with Gasteiger partial charge in [0.15, 0.2) is 23.0 Å². The lowest BCUT2D eigenvalue weighted by Gasteiger charge is -2.43. The molecule has 9 heteroatoms. The molecule has 0 bridgehead atoms. The number of hydrogen-bond donors (Lipinski definition) is 0. The smallest absolute Gasteiger partial charge is 0.256 e. The van der Waals surface area contributed by atoms with E-state index in [0.29, 0.717) is 26.4 Å². The van der Waals surface area contributed by atoms with Crippen LogP contribution in [0.15, 0.2) is 60.7 Å². The largest absolute Gasteiger partial charge is 0.490 e. The first-order valence-electron chi connectivity index (χ1n) is 22.3. The number of anilines is 6. The summed E-state index contributed by atoms with van der Waals surface area (Å²) in [5.74, 6) is 3.38. The van der Waals surface area contributed by atoms with E-state index in [0.717, 1.165) is 69.5 Å². The molecule has 0 fully saturated rings. The highest BCUT2D eigenvalue weighted by atomic mass is 32.1. The van der Waals surface area contributed by atoms with Crippen molar-refractivity contribution in [3.8, 4) is 23.0 Å². The zero-order chi connectivity index (χ0) is 43.1. The van der Waals surface area contributed by atoms with Crippen LogP contribution in [0.2, 0.25) is 0 Å². The third-order valence-electron chi connectivity index (χ3n) is 13.5. The van der Waals surface area contributed by atoms with E-state index in [-0.39, 0.29) is 17.5 Å². The molecule has 2 aromatic heterocycles. The Hall–Kier alpha value is -5.12. The average Bonchev–Trinajstić information content (AvgIpc) is 3.56. The standard InChI is InChI=1S/C53H55BN2O4S2/c1-28-22-37-45-38(23-28)56(47-30(3)25-40-49(32(47)5)60-21-13-19-58-40)51-44(36-27-34(53(9,10)11)15-17-42(36)62-51)54(45)43-35-26-33(52(6,7)8)14-16-41(35)61-50(43)55(37)46-29(2)24-39-48(31(46)4)59-20-12-18-57-39/h14-17,22-27H,12-13,18-21H2,1-11H3. The number of fused-ring (bicyclic) bond motifs is 10. The molecule has 0 N–H and O–H groups in total. The number of hydrogen-bond acceptors (Lipinski definition) is 8. The minimum Gasteiger partial charge on any atom is -0.490 e. The van der Waals surface area contributed by atoms with Crippen LogP contribution in [0.25, 0.3) is 20.2 Å². The maximum Gasteiger partial charge on any atom is 0.256 e. The summed E-state index contributed by atoms with van der Waals surface area (Å²) < 4.78 is 28.4. The molecule has 4 aliphatic rings. The monoisotopic (exact) mass is 858 g/mol. The van der Waals surface area contributed by atoms with Crippen molar-refractivity contribution in [2.24, 2.45) is 0 Å². The lowest BCUT2D eigenvalue weighted by Crippen LogP contribution is -2.60. The zero-order valence-electron chi connectivity index (χ0n) is 37.9. The summed E-state index contributed by atoms with van der Waals surface area (Å²) in [6, 6.07) is 23.8. The van der Waals surface area contributed by atoms with Gasteiger partial charge in [0, 0.05) is 44.7 Å². The Balaban J connectivity index is 1.30. The maximum absolute atomic E-state index is 6.56. The van der Waals surface area contributed by atoms with E-state index >= 15 is 0 Å². The second-order valence-electron chi connectivity index (χ2n) is 20.0. The van der Waals surface area contributed by atoms with E-state index in [1.54, 1.807) is 0 Å². The molecule has 316 valence electrons. The molecule has 0 amide bonds. The van der Waals surface area contributed by atoms with Crippen LogP contribution in [0, 0.1) is 34.6 Å². The van der Waals surface area contributed by atoms with Crippen LogP contribution >= 0.6 is 22.7 Å². The molecule has 0 saturated carbocycles. The normalized spacial score (nSPS) is 15.7. The number of ether oxygens (including phenoxy) is 4. The minimum absolute atomic E-state index is 0.0174. The van der Waals surface area contributed by atoms with Crippen molar-refractivity contribution in [2.75, 3.05) is 36.2 Å². The van der Waals surface area contributed by atoms with Gasteiger partial charge >= 0.3 is 0 Å². The van der Waals surface area contributed by atoms with Crippen molar-refractivity contribution in [3.05, 3.63) is 99.6 Å². The summed E-state index contributed by atoms with van der Waals surface area (Å²) in [5.41, 5.74) is 17.2. The predicted molar refractivity (Wildman–Crippen MR) is 264 cm³/mol. The van der Waals surface area contributed by atoms with E-state index in [1.807, 2.05) is 22.7 Å². The lowest BCUT2D eigenvalue weighted by atomic mass is 9.33. The van der Waals surface area contributed by atoms with Gasteiger partial charge in [0.1, 0.15) is 0 Å². The average molecular weight is 859 g/mol. The Morgan fingerprint density at radius 2 is 0.935 bits per heavy atom. The predicted octanol–water partition coefficient (Wildman–Crippen LogP) is 12.7. The number of aryl methyl sites for hydroxylation is 3. The lowest BCUT2D eigenvalue weighted by molar-refractivity contribution is 0.296. The van der Waals surface area contributed by atoms with E-state index < -0.39 is 0 Å². The zero-order valence-corrected chi connectivity index (χ0v) is 39.6. The van der Waals surface area contributed by atoms with Crippen molar-refractivity contribution in [1.29, 1.82) is 0 Å². The number of benzene rings is 5. The maximum atomic E-state index is 6.56. The van der Waals surface area contributed by atoms with Gasteiger partial charge < -0.3 is 28.7 Å². The van der Waals surface area contributed by atoms with E-state index in [9.17, 15) is 0 Å². The third-order valence-corrected chi connectivity index (χ3v) is 15.8. The molecule has 0 radical (unpaired) electrons. The molecule has 6 heterocycles. The first-order chi connectivity index (χ1) is 29.6. The van der Waals surface area contributed by atoms with Crippen molar-refractivity contribution < 1.29 is 18.9 Å². The molecule has 0 unspecified atom stereocenters. The van der Waals surface area contributed by atoms with Gasteiger partial charge in [-0.3, -0.25) is 0 Å². The fourth-order valence-corrected chi connectivity index (χ4v) is 13.0. The molecule has 4 aliphatic heterocycles. The van der Waals surface area contributed by atoms with Crippen LogP contribution in [0.1, 0.15) is 93.3 Å². The summed E-state index contributed by atoms with van der Waals surface area (Å²) in [6.07, 6.45) is 1.72. The Kier molecular flexibility index (Phi) is 8.93. The highest BCUT2D eigenvalue weighted by Crippen LogP contribution is 2.55. The topological polar surface area (TPSA) is 43.4 Å². The van der Waals surface area contributed by atoms with Crippen LogP contribution < -0.4 is 45.1 Å². The van der Waals surface area contributed by atoms with E-state index in [4.69, 9.17) is 18.9 Å². The molecule has 0 atom stereocenters.